The molecule has 2 aromatic carbocycles. The van der Waals surface area contributed by atoms with E-state index in [1.807, 2.05) is 26.0 Å². The summed E-state index contributed by atoms with van der Waals surface area (Å²) in [6, 6.07) is 10.7. The summed E-state index contributed by atoms with van der Waals surface area (Å²) in [5.74, 6) is 1.30. The van der Waals surface area contributed by atoms with Gasteiger partial charge in [-0.25, -0.2) is 0 Å². The van der Waals surface area contributed by atoms with Gasteiger partial charge >= 0.3 is 0 Å². The predicted molar refractivity (Wildman–Crippen MR) is 125 cm³/mol. The fraction of sp³-hybridized carbons (Fsp3) is 0.440. The van der Waals surface area contributed by atoms with Gasteiger partial charge in [0.1, 0.15) is 5.75 Å². The molecule has 0 aromatic heterocycles. The molecule has 0 spiro atoms. The van der Waals surface area contributed by atoms with Gasteiger partial charge < -0.3 is 29.2 Å². The standard InChI is InChI=1S/C25H32N2O6/c1-15(2)26-24(28)20-14-27(25(29)16-7-9-18(30-3)10-8-16)13-19(20)17-11-21(31-4)23(33-6)22(12-17)32-5/h7-12,15,19-20H,13-14H2,1-6H3,(H,26,28). The Bertz CT molecular complexity index is 964. The van der Waals surface area contributed by atoms with Crippen LogP contribution in [0.5, 0.6) is 23.0 Å². The molecular weight excluding hydrogens is 424 g/mol. The molecule has 2 unspecified atom stereocenters. The Labute approximate surface area is 194 Å². The van der Waals surface area contributed by atoms with Crippen molar-refractivity contribution in [1.82, 2.24) is 10.2 Å². The van der Waals surface area contributed by atoms with Crippen molar-refractivity contribution in [2.75, 3.05) is 41.5 Å². The molecule has 1 saturated heterocycles. The SMILES string of the molecule is COc1ccc(C(=O)N2CC(C(=O)NC(C)C)C(c3cc(OC)c(OC)c(OC)c3)C2)cc1. The molecule has 1 fully saturated rings. The highest BCUT2D eigenvalue weighted by molar-refractivity contribution is 5.95. The second-order valence-electron chi connectivity index (χ2n) is 8.27. The van der Waals surface area contributed by atoms with Crippen molar-refractivity contribution in [1.29, 1.82) is 0 Å². The van der Waals surface area contributed by atoms with E-state index in [-0.39, 0.29) is 23.8 Å². The highest BCUT2D eigenvalue weighted by Crippen LogP contribution is 2.43. The summed E-state index contributed by atoms with van der Waals surface area (Å²) in [4.78, 5) is 28.1. The number of amides is 2. The fourth-order valence-electron chi connectivity index (χ4n) is 4.20. The van der Waals surface area contributed by atoms with Crippen LogP contribution in [0.3, 0.4) is 0 Å². The van der Waals surface area contributed by atoms with Crippen LogP contribution in [0.1, 0.15) is 35.7 Å². The molecule has 8 heteroatoms. The molecule has 2 amide bonds. The highest BCUT2D eigenvalue weighted by atomic mass is 16.5. The van der Waals surface area contributed by atoms with Crippen LogP contribution in [0.25, 0.3) is 0 Å². The average Bonchev–Trinajstić information content (AvgIpc) is 3.28. The molecule has 0 saturated carbocycles. The van der Waals surface area contributed by atoms with E-state index in [2.05, 4.69) is 5.32 Å². The number of likely N-dealkylation sites (tertiary alicyclic amines) is 1. The smallest absolute Gasteiger partial charge is 0.253 e. The van der Waals surface area contributed by atoms with Gasteiger partial charge in [0.05, 0.1) is 34.4 Å². The van der Waals surface area contributed by atoms with Crippen LogP contribution >= 0.6 is 0 Å². The maximum atomic E-state index is 13.2. The molecule has 0 bridgehead atoms. The number of benzene rings is 2. The van der Waals surface area contributed by atoms with Gasteiger partial charge in [-0.15, -0.1) is 0 Å². The minimum atomic E-state index is -0.419. The zero-order chi connectivity index (χ0) is 24.1. The second kappa shape index (κ2) is 10.5. The third kappa shape index (κ3) is 5.16. The third-order valence-electron chi connectivity index (χ3n) is 5.83. The van der Waals surface area contributed by atoms with Gasteiger partial charge in [0.2, 0.25) is 11.7 Å². The van der Waals surface area contributed by atoms with Crippen LogP contribution in [0.2, 0.25) is 0 Å². The van der Waals surface area contributed by atoms with Gasteiger partial charge in [-0.1, -0.05) is 0 Å². The van der Waals surface area contributed by atoms with Gasteiger partial charge in [0.15, 0.2) is 11.5 Å². The Hall–Kier alpha value is -3.42. The molecule has 33 heavy (non-hydrogen) atoms. The molecule has 3 rings (SSSR count). The summed E-state index contributed by atoms with van der Waals surface area (Å²) in [5.41, 5.74) is 1.39. The number of ether oxygens (including phenoxy) is 4. The number of hydrogen-bond acceptors (Lipinski definition) is 6. The number of carbonyl (C=O) groups is 2. The summed E-state index contributed by atoms with van der Waals surface area (Å²) >= 11 is 0. The van der Waals surface area contributed by atoms with Crippen molar-refractivity contribution in [2.24, 2.45) is 5.92 Å². The lowest BCUT2D eigenvalue weighted by Crippen LogP contribution is -2.39. The number of methoxy groups -OCH3 is 4. The third-order valence-corrected chi connectivity index (χ3v) is 5.83. The molecule has 1 heterocycles. The molecule has 0 aliphatic carbocycles. The van der Waals surface area contributed by atoms with Crippen LogP contribution < -0.4 is 24.3 Å². The summed E-state index contributed by atoms with van der Waals surface area (Å²) in [6.07, 6.45) is 0. The Kier molecular flexibility index (Phi) is 7.68. The molecule has 0 radical (unpaired) electrons. The minimum Gasteiger partial charge on any atom is -0.497 e. The lowest BCUT2D eigenvalue weighted by atomic mass is 9.87. The molecule has 1 aliphatic heterocycles. The van der Waals surface area contributed by atoms with Crippen LogP contribution in [-0.4, -0.2) is 64.3 Å². The van der Waals surface area contributed by atoms with Crippen molar-refractivity contribution < 1.29 is 28.5 Å². The van der Waals surface area contributed by atoms with Gasteiger partial charge in [0.25, 0.3) is 5.91 Å². The summed E-state index contributed by atoms with van der Waals surface area (Å²) in [5, 5.41) is 3.00. The molecule has 2 atom stereocenters. The van der Waals surface area contributed by atoms with E-state index in [0.717, 1.165) is 5.56 Å². The second-order valence-corrected chi connectivity index (χ2v) is 8.27. The molecular formula is C25H32N2O6. The first-order chi connectivity index (χ1) is 15.8. The number of rotatable bonds is 8. The van der Waals surface area contributed by atoms with Crippen LogP contribution in [0, 0.1) is 5.92 Å². The lowest BCUT2D eigenvalue weighted by Gasteiger charge is -2.21. The monoisotopic (exact) mass is 456 g/mol. The minimum absolute atomic E-state index is 0.00979. The van der Waals surface area contributed by atoms with E-state index in [4.69, 9.17) is 18.9 Å². The number of hydrogen-bond donors (Lipinski definition) is 1. The lowest BCUT2D eigenvalue weighted by molar-refractivity contribution is -0.125. The fourth-order valence-corrected chi connectivity index (χ4v) is 4.20. The predicted octanol–water partition coefficient (Wildman–Crippen LogP) is 3.10. The normalized spacial score (nSPS) is 17.6. The maximum Gasteiger partial charge on any atom is 0.253 e. The molecule has 1 aliphatic rings. The number of carbonyl (C=O) groups excluding carboxylic acids is 2. The Morgan fingerprint density at radius 3 is 2.00 bits per heavy atom. The maximum absolute atomic E-state index is 13.2. The Morgan fingerprint density at radius 2 is 1.52 bits per heavy atom. The number of nitrogens with one attached hydrogen (secondary N) is 1. The molecule has 2 aromatic rings. The van der Waals surface area contributed by atoms with Crippen molar-refractivity contribution >= 4 is 11.8 Å². The van der Waals surface area contributed by atoms with E-state index in [1.165, 1.54) is 0 Å². The van der Waals surface area contributed by atoms with Gasteiger partial charge in [-0.05, 0) is 55.8 Å². The Morgan fingerprint density at radius 1 is 0.909 bits per heavy atom. The molecule has 8 nitrogen and oxygen atoms in total. The van der Waals surface area contributed by atoms with E-state index in [1.54, 1.807) is 57.6 Å². The average molecular weight is 457 g/mol. The van der Waals surface area contributed by atoms with Crippen molar-refractivity contribution in [3.8, 4) is 23.0 Å². The Balaban J connectivity index is 1.97. The zero-order valence-electron chi connectivity index (χ0n) is 20.0. The number of nitrogens with zero attached hydrogens (tertiary/aromatic N) is 1. The first-order valence-electron chi connectivity index (χ1n) is 10.9. The van der Waals surface area contributed by atoms with E-state index in [9.17, 15) is 9.59 Å². The molecule has 178 valence electrons. The van der Waals surface area contributed by atoms with E-state index in [0.29, 0.717) is 41.7 Å². The zero-order valence-corrected chi connectivity index (χ0v) is 20.0. The highest BCUT2D eigenvalue weighted by Gasteiger charge is 2.41. The van der Waals surface area contributed by atoms with Gasteiger partial charge in [-0.3, -0.25) is 9.59 Å². The van der Waals surface area contributed by atoms with Crippen molar-refractivity contribution in [3.05, 3.63) is 47.5 Å². The first kappa shape index (κ1) is 24.2. The van der Waals surface area contributed by atoms with E-state index >= 15 is 0 Å². The van der Waals surface area contributed by atoms with Crippen LogP contribution in [0.4, 0.5) is 0 Å². The summed E-state index contributed by atoms with van der Waals surface area (Å²) in [6.45, 7) is 4.54. The van der Waals surface area contributed by atoms with Crippen molar-refractivity contribution in [3.63, 3.8) is 0 Å². The first-order valence-corrected chi connectivity index (χ1v) is 10.9. The van der Waals surface area contributed by atoms with E-state index < -0.39 is 5.92 Å². The van der Waals surface area contributed by atoms with Gasteiger partial charge in [0, 0.05) is 30.6 Å². The largest absolute Gasteiger partial charge is 0.497 e. The van der Waals surface area contributed by atoms with Gasteiger partial charge in [-0.2, -0.15) is 0 Å². The summed E-state index contributed by atoms with van der Waals surface area (Å²) < 4.78 is 21.6. The van der Waals surface area contributed by atoms with Crippen LogP contribution in [0.15, 0.2) is 36.4 Å². The molecule has 1 N–H and O–H groups in total. The quantitative estimate of drug-likeness (QED) is 0.657. The summed E-state index contributed by atoms with van der Waals surface area (Å²) in [7, 11) is 6.23. The van der Waals surface area contributed by atoms with Crippen LogP contribution in [-0.2, 0) is 4.79 Å². The topological polar surface area (TPSA) is 86.3 Å². The van der Waals surface area contributed by atoms with Crippen molar-refractivity contribution in [2.45, 2.75) is 25.8 Å².